The molecule has 0 saturated carbocycles. The zero-order valence-corrected chi connectivity index (χ0v) is 33.2. The van der Waals surface area contributed by atoms with Crippen molar-refractivity contribution in [2.45, 2.75) is 52.1 Å². The molecule has 2 N–H and O–H groups in total. The first-order valence-corrected chi connectivity index (χ1v) is 18.4. The summed E-state index contributed by atoms with van der Waals surface area (Å²) in [6, 6.07) is 27.3. The normalized spacial score (nSPS) is 12.2. The molecule has 6 aromatic rings. The van der Waals surface area contributed by atoms with Crippen LogP contribution in [-0.2, 0) is 26.1 Å². The lowest BCUT2D eigenvalue weighted by molar-refractivity contribution is 0.193. The monoisotopic (exact) mass is 762 g/mol. The third kappa shape index (κ3) is 7.94. The van der Waals surface area contributed by atoms with Crippen LogP contribution >= 0.6 is 0 Å². The number of hydrogen-bond acceptors (Lipinski definition) is 10. The largest absolute Gasteiger partial charge is 0.496 e. The summed E-state index contributed by atoms with van der Waals surface area (Å²) < 4.78 is 50.0. The molecule has 10 heteroatoms. The fraction of sp³-hybridized carbons (Fsp3) is 0.304. The van der Waals surface area contributed by atoms with E-state index < -0.39 is 12.2 Å². The second-order valence-corrected chi connectivity index (χ2v) is 13.6. The van der Waals surface area contributed by atoms with Crippen molar-refractivity contribution in [1.29, 1.82) is 0 Å². The number of aliphatic hydroxyl groups is 2. The molecule has 0 heterocycles. The number of aliphatic hydroxyl groups excluding tert-OH is 2. The van der Waals surface area contributed by atoms with Crippen LogP contribution in [-0.4, -0.2) is 65.1 Å². The molecule has 0 radical (unpaired) electrons. The van der Waals surface area contributed by atoms with E-state index in [2.05, 4.69) is 0 Å². The minimum absolute atomic E-state index is 0.244. The van der Waals surface area contributed by atoms with Crippen molar-refractivity contribution in [2.24, 2.45) is 0 Å². The van der Waals surface area contributed by atoms with Gasteiger partial charge in [-0.25, -0.2) is 0 Å². The molecular weight excluding hydrogens is 712 g/mol. The van der Waals surface area contributed by atoms with Crippen LogP contribution in [0.15, 0.2) is 84.9 Å². The summed E-state index contributed by atoms with van der Waals surface area (Å²) in [5.74, 6) is 3.82. The Labute approximate surface area is 328 Å². The van der Waals surface area contributed by atoms with Gasteiger partial charge in [0.2, 0.25) is 0 Å². The Balaban J connectivity index is 1.78. The van der Waals surface area contributed by atoms with Crippen molar-refractivity contribution in [3.05, 3.63) is 107 Å². The first-order valence-electron chi connectivity index (χ1n) is 18.4. The Morgan fingerprint density at radius 2 is 0.804 bits per heavy atom. The smallest absolute Gasteiger partial charge is 0.173 e. The summed E-state index contributed by atoms with van der Waals surface area (Å²) in [6.45, 7) is 3.95. The maximum Gasteiger partial charge on any atom is 0.173 e. The number of fused-ring (bicyclic) bond motifs is 2. The van der Waals surface area contributed by atoms with Crippen molar-refractivity contribution in [1.82, 2.24) is 0 Å². The van der Waals surface area contributed by atoms with Gasteiger partial charge in [0.15, 0.2) is 23.0 Å². The molecule has 6 aromatic carbocycles. The molecular formula is C46H50O10. The zero-order chi connectivity index (χ0) is 39.9. The molecule has 6 rings (SSSR count). The van der Waals surface area contributed by atoms with Gasteiger partial charge in [-0.1, -0.05) is 60.7 Å². The lowest BCUT2D eigenvalue weighted by Crippen LogP contribution is -2.09. The van der Waals surface area contributed by atoms with E-state index in [1.54, 1.807) is 56.5 Å². The molecule has 0 unspecified atom stereocenters. The lowest BCUT2D eigenvalue weighted by atomic mass is 9.88. The standard InChI is InChI=1S/C46H50O10/c1-27(47)19-31-21-33-39(35(49-3)23-37(51-5)41(33)45(43(31)53-7)55-25-29-15-11-9-12-16-29)40-34-22-32(20-28(2)48)44(54-8)46(56-26-30-17-13-10-14-18-30)42(34)38(52-6)24-36(40)50-4/h9-18,21-24,27-28,47-48H,19-20,25-26H2,1-8H3/t27-,28-/m0/s1. The molecule has 294 valence electrons. The first kappa shape index (κ1) is 39.8. The van der Waals surface area contributed by atoms with Crippen LogP contribution in [0.2, 0.25) is 0 Å². The third-order valence-electron chi connectivity index (χ3n) is 9.69. The summed E-state index contributed by atoms with van der Waals surface area (Å²) in [6.07, 6.45) is -0.855. The molecule has 0 bridgehead atoms. The second-order valence-electron chi connectivity index (χ2n) is 13.6. The van der Waals surface area contributed by atoms with Gasteiger partial charge in [-0.05, 0) is 37.1 Å². The van der Waals surface area contributed by atoms with Gasteiger partial charge in [-0.15, -0.1) is 0 Å². The molecule has 0 saturated heterocycles. The van der Waals surface area contributed by atoms with Crippen LogP contribution in [0.25, 0.3) is 32.7 Å². The fourth-order valence-electron chi connectivity index (χ4n) is 7.35. The highest BCUT2D eigenvalue weighted by molar-refractivity contribution is 6.16. The Kier molecular flexibility index (Phi) is 12.6. The molecule has 0 aliphatic rings. The number of hydrogen-bond donors (Lipinski definition) is 2. The summed E-state index contributed by atoms with van der Waals surface area (Å²) in [5, 5.41) is 24.2. The Morgan fingerprint density at radius 1 is 0.446 bits per heavy atom. The predicted octanol–water partition coefficient (Wildman–Crippen LogP) is 8.72. The number of benzene rings is 6. The lowest BCUT2D eigenvalue weighted by Gasteiger charge is -2.25. The van der Waals surface area contributed by atoms with Crippen molar-refractivity contribution >= 4 is 21.5 Å². The van der Waals surface area contributed by atoms with Crippen LogP contribution in [0.3, 0.4) is 0 Å². The summed E-state index contributed by atoms with van der Waals surface area (Å²) in [4.78, 5) is 0. The number of rotatable bonds is 17. The van der Waals surface area contributed by atoms with E-state index in [0.29, 0.717) is 78.7 Å². The van der Waals surface area contributed by atoms with Crippen molar-refractivity contribution in [2.75, 3.05) is 42.7 Å². The quantitative estimate of drug-likeness (QED) is 0.0936. The predicted molar refractivity (Wildman–Crippen MR) is 219 cm³/mol. The molecule has 2 atom stereocenters. The maximum atomic E-state index is 10.8. The topological polar surface area (TPSA) is 114 Å². The van der Waals surface area contributed by atoms with Gasteiger partial charge in [0.25, 0.3) is 0 Å². The fourth-order valence-corrected chi connectivity index (χ4v) is 7.35. The van der Waals surface area contributed by atoms with E-state index in [1.165, 1.54) is 0 Å². The summed E-state index contributed by atoms with van der Waals surface area (Å²) in [7, 11) is 9.58. The third-order valence-corrected chi connectivity index (χ3v) is 9.69. The summed E-state index contributed by atoms with van der Waals surface area (Å²) in [5.41, 5.74) is 4.68. The van der Waals surface area contributed by atoms with Crippen molar-refractivity contribution < 1.29 is 48.1 Å². The molecule has 56 heavy (non-hydrogen) atoms. The van der Waals surface area contributed by atoms with Gasteiger partial charge in [-0.2, -0.15) is 0 Å². The average Bonchev–Trinajstić information content (AvgIpc) is 3.20. The van der Waals surface area contributed by atoms with Gasteiger partial charge in [0.05, 0.1) is 65.6 Å². The van der Waals surface area contributed by atoms with E-state index in [9.17, 15) is 10.2 Å². The zero-order valence-electron chi connectivity index (χ0n) is 33.2. The second kappa shape index (κ2) is 17.7. The van der Waals surface area contributed by atoms with E-state index in [1.807, 2.05) is 84.9 Å². The average molecular weight is 763 g/mol. The van der Waals surface area contributed by atoms with Crippen molar-refractivity contribution in [3.8, 4) is 57.1 Å². The molecule has 0 aliphatic heterocycles. The Morgan fingerprint density at radius 3 is 1.11 bits per heavy atom. The minimum atomic E-state index is -0.699. The molecule has 10 nitrogen and oxygen atoms in total. The van der Waals surface area contributed by atoms with Gasteiger partial charge >= 0.3 is 0 Å². The van der Waals surface area contributed by atoms with E-state index in [4.69, 9.17) is 37.9 Å². The molecule has 0 fully saturated rings. The maximum absolute atomic E-state index is 10.8. The highest BCUT2D eigenvalue weighted by Gasteiger charge is 2.30. The van der Waals surface area contributed by atoms with Crippen LogP contribution in [0.4, 0.5) is 0 Å². The van der Waals surface area contributed by atoms with Gasteiger partial charge in [-0.3, -0.25) is 0 Å². The van der Waals surface area contributed by atoms with Crippen LogP contribution in [0.5, 0.6) is 46.0 Å². The van der Waals surface area contributed by atoms with E-state index in [0.717, 1.165) is 22.3 Å². The van der Waals surface area contributed by atoms with Gasteiger partial charge in [0.1, 0.15) is 36.2 Å². The minimum Gasteiger partial charge on any atom is -0.496 e. The number of ether oxygens (including phenoxy) is 8. The van der Waals surface area contributed by atoms with Gasteiger partial charge in [0, 0.05) is 58.0 Å². The molecule has 0 aliphatic carbocycles. The SMILES string of the molecule is COc1cc(OC)c2c(OCc3ccccc3)c(OC)c(C[C@H](C)O)cc2c1-c1c(OC)cc(OC)c2c(OCc3ccccc3)c(OC)c(C[C@H](C)O)cc12. The van der Waals surface area contributed by atoms with Crippen molar-refractivity contribution in [3.63, 3.8) is 0 Å². The molecule has 0 spiro atoms. The van der Waals surface area contributed by atoms with E-state index in [-0.39, 0.29) is 26.1 Å². The summed E-state index contributed by atoms with van der Waals surface area (Å²) >= 11 is 0. The highest BCUT2D eigenvalue weighted by atomic mass is 16.5. The molecule has 0 amide bonds. The Bertz CT molecular complexity index is 2120. The van der Waals surface area contributed by atoms with Crippen LogP contribution in [0, 0.1) is 0 Å². The first-order chi connectivity index (χ1) is 27.2. The number of methoxy groups -OCH3 is 6. The highest BCUT2D eigenvalue weighted by Crippen LogP contribution is 2.56. The van der Waals surface area contributed by atoms with Crippen LogP contribution in [0.1, 0.15) is 36.1 Å². The van der Waals surface area contributed by atoms with Crippen LogP contribution < -0.4 is 37.9 Å². The Hall–Kier alpha value is -5.84. The molecule has 0 aromatic heterocycles. The van der Waals surface area contributed by atoms with Gasteiger partial charge < -0.3 is 48.1 Å². The van der Waals surface area contributed by atoms with E-state index >= 15 is 0 Å².